The highest BCUT2D eigenvalue weighted by molar-refractivity contribution is 6.06. The van der Waals surface area contributed by atoms with Crippen molar-refractivity contribution in [3.8, 4) is 0 Å². The Morgan fingerprint density at radius 1 is 0.897 bits per heavy atom. The average molecular weight is 383 g/mol. The molecular weight excluding hydrogens is 366 g/mol. The molecule has 0 aliphatic heterocycles. The van der Waals surface area contributed by atoms with Gasteiger partial charge in [0.15, 0.2) is 0 Å². The number of nitrogens with one attached hydrogen (secondary N) is 2. The van der Waals surface area contributed by atoms with Gasteiger partial charge in [0.25, 0.3) is 5.91 Å². The van der Waals surface area contributed by atoms with Crippen LogP contribution in [0.3, 0.4) is 0 Å². The SMILES string of the molecule is O=C(O)c1ccc(/C=C/c2n[nH]c3ccccc23)c(NC(=O)c2ccccc2)c1. The topological polar surface area (TPSA) is 95.1 Å². The van der Waals surface area contributed by atoms with Gasteiger partial charge in [0.05, 0.1) is 16.8 Å². The molecule has 1 heterocycles. The number of carboxylic acid groups (broad SMARTS) is 1. The number of hydrogen-bond acceptors (Lipinski definition) is 3. The van der Waals surface area contributed by atoms with Crippen LogP contribution in [-0.4, -0.2) is 27.2 Å². The van der Waals surface area contributed by atoms with E-state index in [1.807, 2.05) is 36.4 Å². The molecule has 4 aromatic rings. The third-order valence-corrected chi connectivity index (χ3v) is 4.51. The highest BCUT2D eigenvalue weighted by Gasteiger charge is 2.11. The maximum atomic E-state index is 12.6. The van der Waals surface area contributed by atoms with Crippen LogP contribution in [0.1, 0.15) is 32.0 Å². The predicted octanol–water partition coefficient (Wildman–Crippen LogP) is 4.68. The van der Waals surface area contributed by atoms with Crippen molar-refractivity contribution in [1.82, 2.24) is 10.2 Å². The summed E-state index contributed by atoms with van der Waals surface area (Å²) in [5, 5.41) is 20.4. The van der Waals surface area contributed by atoms with Crippen molar-refractivity contribution in [2.24, 2.45) is 0 Å². The number of aromatic carboxylic acids is 1. The summed E-state index contributed by atoms with van der Waals surface area (Å²) in [7, 11) is 0. The van der Waals surface area contributed by atoms with Crippen LogP contribution in [0.2, 0.25) is 0 Å². The zero-order chi connectivity index (χ0) is 20.2. The zero-order valence-corrected chi connectivity index (χ0v) is 15.3. The van der Waals surface area contributed by atoms with E-state index in [4.69, 9.17) is 0 Å². The van der Waals surface area contributed by atoms with Crippen molar-refractivity contribution < 1.29 is 14.7 Å². The number of amides is 1. The van der Waals surface area contributed by atoms with Crippen LogP contribution in [0, 0.1) is 0 Å². The minimum absolute atomic E-state index is 0.0933. The van der Waals surface area contributed by atoms with Crippen LogP contribution < -0.4 is 5.32 Å². The first-order valence-electron chi connectivity index (χ1n) is 8.97. The van der Waals surface area contributed by atoms with Crippen LogP contribution in [0.25, 0.3) is 23.1 Å². The lowest BCUT2D eigenvalue weighted by molar-refractivity contribution is 0.0696. The normalized spacial score (nSPS) is 11.0. The summed E-state index contributed by atoms with van der Waals surface area (Å²) in [6.07, 6.45) is 3.63. The van der Waals surface area contributed by atoms with E-state index in [-0.39, 0.29) is 11.5 Å². The van der Waals surface area contributed by atoms with Gasteiger partial charge < -0.3 is 10.4 Å². The fourth-order valence-corrected chi connectivity index (χ4v) is 3.01. The number of anilines is 1. The summed E-state index contributed by atoms with van der Waals surface area (Å²) >= 11 is 0. The van der Waals surface area contributed by atoms with Gasteiger partial charge >= 0.3 is 5.97 Å². The first-order valence-corrected chi connectivity index (χ1v) is 8.97. The van der Waals surface area contributed by atoms with Gasteiger partial charge in [-0.1, -0.05) is 48.5 Å². The van der Waals surface area contributed by atoms with Crippen molar-refractivity contribution >= 4 is 40.6 Å². The number of benzene rings is 3. The highest BCUT2D eigenvalue weighted by atomic mass is 16.4. The van der Waals surface area contributed by atoms with E-state index in [1.165, 1.54) is 12.1 Å². The Hall–Kier alpha value is -4.19. The third kappa shape index (κ3) is 3.91. The van der Waals surface area contributed by atoms with Gasteiger partial charge in [-0.2, -0.15) is 5.10 Å². The molecule has 29 heavy (non-hydrogen) atoms. The van der Waals surface area contributed by atoms with Crippen molar-refractivity contribution in [2.45, 2.75) is 0 Å². The monoisotopic (exact) mass is 383 g/mol. The maximum Gasteiger partial charge on any atom is 0.335 e. The number of rotatable bonds is 5. The van der Waals surface area contributed by atoms with Gasteiger partial charge in [-0.05, 0) is 42.0 Å². The molecule has 0 unspecified atom stereocenters. The Bertz CT molecular complexity index is 1230. The molecule has 0 fully saturated rings. The van der Waals surface area contributed by atoms with E-state index in [1.54, 1.807) is 36.4 Å². The third-order valence-electron chi connectivity index (χ3n) is 4.51. The second-order valence-electron chi connectivity index (χ2n) is 6.42. The van der Waals surface area contributed by atoms with Gasteiger partial charge in [0.2, 0.25) is 0 Å². The molecule has 0 aliphatic carbocycles. The summed E-state index contributed by atoms with van der Waals surface area (Å²) in [4.78, 5) is 23.9. The molecule has 3 aromatic carbocycles. The Morgan fingerprint density at radius 3 is 2.45 bits per heavy atom. The summed E-state index contributed by atoms with van der Waals surface area (Å²) < 4.78 is 0. The summed E-state index contributed by atoms with van der Waals surface area (Å²) in [6, 6.07) is 21.1. The Morgan fingerprint density at radius 2 is 1.66 bits per heavy atom. The molecule has 1 amide bonds. The molecule has 0 bridgehead atoms. The lowest BCUT2D eigenvalue weighted by Gasteiger charge is -2.10. The molecule has 0 saturated carbocycles. The number of carboxylic acids is 1. The number of aromatic amines is 1. The van der Waals surface area contributed by atoms with Crippen molar-refractivity contribution in [3.63, 3.8) is 0 Å². The Kier molecular flexibility index (Phi) is 4.90. The number of H-pyrrole nitrogens is 1. The standard InChI is InChI=1S/C23H17N3O3/c27-22(16-6-2-1-3-7-16)24-21-14-17(23(28)29)11-10-15(21)12-13-20-18-8-4-5-9-19(18)25-26-20/h1-14H,(H,24,27)(H,25,26)(H,28,29)/b13-12+. The molecule has 142 valence electrons. The van der Waals surface area contributed by atoms with Crippen molar-refractivity contribution in [3.05, 3.63) is 95.2 Å². The van der Waals surface area contributed by atoms with Gasteiger partial charge in [-0.3, -0.25) is 9.89 Å². The van der Waals surface area contributed by atoms with E-state index < -0.39 is 5.97 Å². The van der Waals surface area contributed by atoms with Crippen LogP contribution >= 0.6 is 0 Å². The summed E-state index contributed by atoms with van der Waals surface area (Å²) in [5.41, 5.74) is 3.34. The van der Waals surface area contributed by atoms with Crippen LogP contribution in [-0.2, 0) is 0 Å². The van der Waals surface area contributed by atoms with E-state index in [0.717, 1.165) is 16.6 Å². The van der Waals surface area contributed by atoms with E-state index in [2.05, 4.69) is 15.5 Å². The van der Waals surface area contributed by atoms with Gasteiger partial charge in [0, 0.05) is 16.6 Å². The minimum atomic E-state index is -1.06. The smallest absolute Gasteiger partial charge is 0.335 e. The Labute approximate surface area is 166 Å². The van der Waals surface area contributed by atoms with Crippen LogP contribution in [0.4, 0.5) is 5.69 Å². The maximum absolute atomic E-state index is 12.6. The number of carbonyl (C=O) groups excluding carboxylic acids is 1. The summed E-state index contributed by atoms with van der Waals surface area (Å²) in [5.74, 6) is -1.37. The first-order chi connectivity index (χ1) is 14.1. The second-order valence-corrected chi connectivity index (χ2v) is 6.42. The highest BCUT2D eigenvalue weighted by Crippen LogP contribution is 2.23. The Balaban J connectivity index is 1.69. The molecule has 4 rings (SSSR count). The molecular formula is C23H17N3O3. The molecule has 0 aliphatic rings. The largest absolute Gasteiger partial charge is 0.478 e. The van der Waals surface area contributed by atoms with Gasteiger partial charge in [-0.25, -0.2) is 4.79 Å². The molecule has 1 aromatic heterocycles. The molecule has 0 saturated heterocycles. The number of carbonyl (C=O) groups is 2. The molecule has 0 spiro atoms. The summed E-state index contributed by atoms with van der Waals surface area (Å²) in [6.45, 7) is 0. The van der Waals surface area contributed by atoms with Gasteiger partial charge in [-0.15, -0.1) is 0 Å². The number of fused-ring (bicyclic) bond motifs is 1. The quantitative estimate of drug-likeness (QED) is 0.466. The van der Waals surface area contributed by atoms with E-state index >= 15 is 0 Å². The van der Waals surface area contributed by atoms with Crippen molar-refractivity contribution in [1.29, 1.82) is 0 Å². The first kappa shape index (κ1) is 18.2. The fraction of sp³-hybridized carbons (Fsp3) is 0. The average Bonchev–Trinajstić information content (AvgIpc) is 3.16. The zero-order valence-electron chi connectivity index (χ0n) is 15.3. The lowest BCUT2D eigenvalue weighted by atomic mass is 10.1. The molecule has 3 N–H and O–H groups in total. The van der Waals surface area contributed by atoms with E-state index in [0.29, 0.717) is 16.8 Å². The minimum Gasteiger partial charge on any atom is -0.478 e. The van der Waals surface area contributed by atoms with E-state index in [9.17, 15) is 14.7 Å². The van der Waals surface area contributed by atoms with Crippen LogP contribution in [0.5, 0.6) is 0 Å². The second kappa shape index (κ2) is 7.82. The van der Waals surface area contributed by atoms with Crippen molar-refractivity contribution in [2.75, 3.05) is 5.32 Å². The van der Waals surface area contributed by atoms with Crippen LogP contribution in [0.15, 0.2) is 72.8 Å². The molecule has 0 atom stereocenters. The molecule has 6 nitrogen and oxygen atoms in total. The fourth-order valence-electron chi connectivity index (χ4n) is 3.01. The number of hydrogen-bond donors (Lipinski definition) is 3. The number of para-hydroxylation sites is 1. The van der Waals surface area contributed by atoms with Gasteiger partial charge in [0.1, 0.15) is 0 Å². The predicted molar refractivity (Wildman–Crippen MR) is 113 cm³/mol. The molecule has 6 heteroatoms. The number of aromatic nitrogens is 2. The number of nitrogens with zero attached hydrogens (tertiary/aromatic N) is 1. The lowest BCUT2D eigenvalue weighted by Crippen LogP contribution is -2.13. The molecule has 0 radical (unpaired) electrons.